The monoisotopic (exact) mass is 275 g/mol. The highest BCUT2D eigenvalue weighted by molar-refractivity contribution is 5.31. The van der Waals surface area contributed by atoms with Crippen molar-refractivity contribution in [3.05, 3.63) is 41.5 Å². The minimum absolute atomic E-state index is 0.177. The number of benzene rings is 1. The molecule has 5 heteroatoms. The average molecular weight is 275 g/mol. The fourth-order valence-electron chi connectivity index (χ4n) is 1.75. The summed E-state index contributed by atoms with van der Waals surface area (Å²) in [5, 5.41) is 3.98. The second-order valence-electron chi connectivity index (χ2n) is 5.69. The summed E-state index contributed by atoms with van der Waals surface area (Å²) in [5.74, 6) is 1.92. The Hall–Kier alpha value is -1.88. The number of aromatic nitrogens is 2. The lowest BCUT2D eigenvalue weighted by Crippen LogP contribution is -2.15. The lowest BCUT2D eigenvalue weighted by atomic mass is 9.97. The first-order chi connectivity index (χ1) is 9.41. The largest absolute Gasteiger partial charge is 0.494 e. The molecule has 0 amide bonds. The number of hydrogen-bond acceptors (Lipinski definition) is 5. The molecule has 0 saturated carbocycles. The second-order valence-corrected chi connectivity index (χ2v) is 5.69. The van der Waals surface area contributed by atoms with Gasteiger partial charge >= 0.3 is 0 Å². The summed E-state index contributed by atoms with van der Waals surface area (Å²) < 4.78 is 10.7. The van der Waals surface area contributed by atoms with Crippen molar-refractivity contribution in [1.82, 2.24) is 10.1 Å². The molecule has 0 spiro atoms. The molecule has 0 aliphatic rings. The highest BCUT2D eigenvalue weighted by Crippen LogP contribution is 2.24. The maximum Gasteiger partial charge on any atom is 0.232 e. The van der Waals surface area contributed by atoms with Crippen LogP contribution in [0.3, 0.4) is 0 Å². The van der Waals surface area contributed by atoms with Gasteiger partial charge in [-0.3, -0.25) is 0 Å². The van der Waals surface area contributed by atoms with Crippen LogP contribution in [0.1, 0.15) is 51.0 Å². The molecule has 108 valence electrons. The molecule has 2 N–H and O–H groups in total. The Labute approximate surface area is 119 Å². The van der Waals surface area contributed by atoms with E-state index in [1.807, 2.05) is 52.0 Å². The molecule has 0 radical (unpaired) electrons. The Balaban J connectivity index is 2.18. The number of ether oxygens (including phenoxy) is 1. The van der Waals surface area contributed by atoms with E-state index in [0.717, 1.165) is 11.3 Å². The SMILES string of the molecule is CCOc1ccc(C(N)c2noc(C(C)(C)C)n2)cc1. The van der Waals surface area contributed by atoms with Crippen LogP contribution in [0.25, 0.3) is 0 Å². The summed E-state index contributed by atoms with van der Waals surface area (Å²) >= 11 is 0. The summed E-state index contributed by atoms with van der Waals surface area (Å²) in [6.07, 6.45) is 0. The fraction of sp³-hybridized carbons (Fsp3) is 0.467. The number of hydrogen-bond donors (Lipinski definition) is 1. The predicted molar refractivity (Wildman–Crippen MR) is 76.6 cm³/mol. The number of nitrogens with zero attached hydrogens (tertiary/aromatic N) is 2. The van der Waals surface area contributed by atoms with Crippen LogP contribution < -0.4 is 10.5 Å². The van der Waals surface area contributed by atoms with Crippen molar-refractivity contribution in [3.8, 4) is 5.75 Å². The van der Waals surface area contributed by atoms with E-state index in [4.69, 9.17) is 15.0 Å². The number of nitrogens with two attached hydrogens (primary N) is 1. The van der Waals surface area contributed by atoms with Crippen molar-refractivity contribution in [2.24, 2.45) is 5.73 Å². The molecule has 1 aromatic carbocycles. The smallest absolute Gasteiger partial charge is 0.232 e. The summed E-state index contributed by atoms with van der Waals surface area (Å²) in [5.41, 5.74) is 6.92. The van der Waals surface area contributed by atoms with E-state index in [-0.39, 0.29) is 5.41 Å². The lowest BCUT2D eigenvalue weighted by Gasteiger charge is -2.11. The van der Waals surface area contributed by atoms with Gasteiger partial charge in [0.15, 0.2) is 5.82 Å². The molecule has 1 aromatic heterocycles. The van der Waals surface area contributed by atoms with E-state index >= 15 is 0 Å². The molecule has 1 unspecified atom stereocenters. The third kappa shape index (κ3) is 3.17. The van der Waals surface area contributed by atoms with Crippen LogP contribution in [-0.4, -0.2) is 16.7 Å². The Kier molecular flexibility index (Phi) is 4.09. The second kappa shape index (κ2) is 5.63. The van der Waals surface area contributed by atoms with Crippen LogP contribution in [0.15, 0.2) is 28.8 Å². The third-order valence-corrected chi connectivity index (χ3v) is 2.91. The van der Waals surface area contributed by atoms with Gasteiger partial charge in [-0.15, -0.1) is 0 Å². The Bertz CT molecular complexity index is 555. The van der Waals surface area contributed by atoms with Gasteiger partial charge in [0.2, 0.25) is 5.89 Å². The van der Waals surface area contributed by atoms with Crippen LogP contribution in [0.4, 0.5) is 0 Å². The molecule has 5 nitrogen and oxygen atoms in total. The van der Waals surface area contributed by atoms with Crippen molar-refractivity contribution in [3.63, 3.8) is 0 Å². The van der Waals surface area contributed by atoms with Gasteiger partial charge in [-0.2, -0.15) is 4.98 Å². The zero-order chi connectivity index (χ0) is 14.8. The Morgan fingerprint density at radius 1 is 1.25 bits per heavy atom. The molecule has 2 rings (SSSR count). The highest BCUT2D eigenvalue weighted by Gasteiger charge is 2.24. The van der Waals surface area contributed by atoms with Gasteiger partial charge in [0.1, 0.15) is 5.75 Å². The first-order valence-corrected chi connectivity index (χ1v) is 6.74. The van der Waals surface area contributed by atoms with E-state index < -0.39 is 6.04 Å². The van der Waals surface area contributed by atoms with E-state index in [9.17, 15) is 0 Å². The van der Waals surface area contributed by atoms with Crippen LogP contribution in [0.2, 0.25) is 0 Å². The summed E-state index contributed by atoms with van der Waals surface area (Å²) in [6.45, 7) is 8.66. The standard InChI is InChI=1S/C15H21N3O2/c1-5-19-11-8-6-10(7-9-11)12(16)13-17-14(20-18-13)15(2,3)4/h6-9,12H,5,16H2,1-4H3. The van der Waals surface area contributed by atoms with Gasteiger partial charge < -0.3 is 15.0 Å². The van der Waals surface area contributed by atoms with E-state index in [1.54, 1.807) is 0 Å². The average Bonchev–Trinajstić information content (AvgIpc) is 2.89. The molecular formula is C15H21N3O2. The normalized spacial score (nSPS) is 13.2. The quantitative estimate of drug-likeness (QED) is 0.928. The highest BCUT2D eigenvalue weighted by atomic mass is 16.5. The molecule has 1 atom stereocenters. The molecule has 0 fully saturated rings. The number of rotatable bonds is 4. The summed E-state index contributed by atoms with van der Waals surface area (Å²) in [7, 11) is 0. The van der Waals surface area contributed by atoms with Gasteiger partial charge in [-0.25, -0.2) is 0 Å². The molecule has 1 heterocycles. The van der Waals surface area contributed by atoms with Crippen molar-refractivity contribution in [2.75, 3.05) is 6.61 Å². The van der Waals surface area contributed by atoms with Crippen molar-refractivity contribution in [1.29, 1.82) is 0 Å². The first kappa shape index (κ1) is 14.5. The minimum Gasteiger partial charge on any atom is -0.494 e. The molecular weight excluding hydrogens is 254 g/mol. The lowest BCUT2D eigenvalue weighted by molar-refractivity contribution is 0.317. The maximum atomic E-state index is 6.17. The summed E-state index contributed by atoms with van der Waals surface area (Å²) in [4.78, 5) is 4.38. The molecule has 20 heavy (non-hydrogen) atoms. The zero-order valence-electron chi connectivity index (χ0n) is 12.4. The van der Waals surface area contributed by atoms with Gasteiger partial charge in [0.05, 0.1) is 12.6 Å². The molecule has 0 bridgehead atoms. The van der Waals surface area contributed by atoms with Gasteiger partial charge in [0.25, 0.3) is 0 Å². The van der Waals surface area contributed by atoms with Crippen LogP contribution >= 0.6 is 0 Å². The van der Waals surface area contributed by atoms with Gasteiger partial charge in [-0.1, -0.05) is 38.1 Å². The molecule has 0 aliphatic carbocycles. The van der Waals surface area contributed by atoms with Gasteiger partial charge in [-0.05, 0) is 24.6 Å². The van der Waals surface area contributed by atoms with E-state index in [0.29, 0.717) is 18.3 Å². The van der Waals surface area contributed by atoms with Crippen molar-refractivity contribution >= 4 is 0 Å². The predicted octanol–water partition coefficient (Wildman–Crippen LogP) is 2.81. The Morgan fingerprint density at radius 3 is 2.40 bits per heavy atom. The maximum absolute atomic E-state index is 6.17. The van der Waals surface area contributed by atoms with Crippen LogP contribution in [0.5, 0.6) is 5.75 Å². The van der Waals surface area contributed by atoms with Crippen LogP contribution in [-0.2, 0) is 5.41 Å². The van der Waals surface area contributed by atoms with Gasteiger partial charge in [0, 0.05) is 5.41 Å². The topological polar surface area (TPSA) is 74.2 Å². The van der Waals surface area contributed by atoms with E-state index in [1.165, 1.54) is 0 Å². The molecule has 2 aromatic rings. The van der Waals surface area contributed by atoms with Crippen LogP contribution in [0, 0.1) is 0 Å². The summed E-state index contributed by atoms with van der Waals surface area (Å²) in [6, 6.07) is 7.23. The zero-order valence-corrected chi connectivity index (χ0v) is 12.4. The fourth-order valence-corrected chi connectivity index (χ4v) is 1.75. The molecule has 0 saturated heterocycles. The van der Waals surface area contributed by atoms with Crippen molar-refractivity contribution in [2.45, 2.75) is 39.2 Å². The third-order valence-electron chi connectivity index (χ3n) is 2.91. The van der Waals surface area contributed by atoms with E-state index in [2.05, 4.69) is 10.1 Å². The van der Waals surface area contributed by atoms with Crippen molar-refractivity contribution < 1.29 is 9.26 Å². The Morgan fingerprint density at radius 2 is 1.90 bits per heavy atom. The molecule has 0 aliphatic heterocycles. The minimum atomic E-state index is -0.398. The first-order valence-electron chi connectivity index (χ1n) is 6.74.